The molecule has 0 radical (unpaired) electrons. The van der Waals surface area contributed by atoms with Crippen molar-refractivity contribution in [3.05, 3.63) is 23.8 Å². The Morgan fingerprint density at radius 2 is 1.86 bits per heavy atom. The molecule has 0 aliphatic carbocycles. The van der Waals surface area contributed by atoms with Crippen molar-refractivity contribution in [3.8, 4) is 11.5 Å². The predicted molar refractivity (Wildman–Crippen MR) is 60.2 cm³/mol. The van der Waals surface area contributed by atoms with Crippen molar-refractivity contribution in [2.75, 3.05) is 13.7 Å². The maximum absolute atomic E-state index is 5.40. The Morgan fingerprint density at radius 3 is 2.36 bits per heavy atom. The third-order valence-electron chi connectivity index (χ3n) is 1.70. The minimum absolute atomic E-state index is 0.688. The van der Waals surface area contributed by atoms with E-state index in [0.29, 0.717) is 6.61 Å². The molecule has 1 rings (SSSR count). The molecule has 1 aromatic carbocycles. The second kappa shape index (κ2) is 7.25. The molecule has 0 saturated heterocycles. The van der Waals surface area contributed by atoms with Gasteiger partial charge in [-0.05, 0) is 25.5 Å². The van der Waals surface area contributed by atoms with E-state index in [1.807, 2.05) is 45.9 Å². The van der Waals surface area contributed by atoms with Crippen molar-refractivity contribution in [3.63, 3.8) is 0 Å². The second-order valence-corrected chi connectivity index (χ2v) is 2.56. The molecule has 2 nitrogen and oxygen atoms in total. The number of aryl methyl sites for hydroxylation is 1. The molecule has 0 atom stereocenters. The molecule has 0 N–H and O–H groups in total. The molecular weight excluding hydrogens is 176 g/mol. The first-order valence-electron chi connectivity index (χ1n) is 5.05. The second-order valence-electron chi connectivity index (χ2n) is 2.56. The lowest BCUT2D eigenvalue weighted by atomic mass is 10.2. The van der Waals surface area contributed by atoms with Crippen LogP contribution in [0.2, 0.25) is 0 Å². The summed E-state index contributed by atoms with van der Waals surface area (Å²) in [6.07, 6.45) is 0. The first-order valence-corrected chi connectivity index (χ1v) is 5.05. The third kappa shape index (κ3) is 3.69. The molecule has 0 unspecified atom stereocenters. The average Bonchev–Trinajstić information content (AvgIpc) is 2.24. The van der Waals surface area contributed by atoms with Gasteiger partial charge < -0.3 is 9.47 Å². The normalized spacial score (nSPS) is 8.64. The van der Waals surface area contributed by atoms with Crippen molar-refractivity contribution >= 4 is 0 Å². The number of hydrogen-bond donors (Lipinski definition) is 0. The van der Waals surface area contributed by atoms with Crippen LogP contribution in [0.4, 0.5) is 0 Å². The maximum atomic E-state index is 5.40. The standard InChI is InChI=1S/C10H14O2.C2H6/c1-4-12-10-7-9(11-3)6-5-8(10)2;1-2/h5-7H,4H2,1-3H3;1-2H3. The van der Waals surface area contributed by atoms with Crippen LogP contribution in [0.5, 0.6) is 11.5 Å². The topological polar surface area (TPSA) is 18.5 Å². The highest BCUT2D eigenvalue weighted by molar-refractivity contribution is 5.39. The third-order valence-corrected chi connectivity index (χ3v) is 1.70. The molecule has 0 aliphatic heterocycles. The molecule has 0 saturated carbocycles. The van der Waals surface area contributed by atoms with Gasteiger partial charge in [0.05, 0.1) is 13.7 Å². The first kappa shape index (κ1) is 12.8. The molecule has 0 amide bonds. The SMILES string of the molecule is CC.CCOc1cc(OC)ccc1C. The lowest BCUT2D eigenvalue weighted by Crippen LogP contribution is -1.94. The molecule has 0 aromatic heterocycles. The van der Waals surface area contributed by atoms with Gasteiger partial charge >= 0.3 is 0 Å². The summed E-state index contributed by atoms with van der Waals surface area (Å²) < 4.78 is 10.5. The van der Waals surface area contributed by atoms with E-state index in [1.165, 1.54) is 0 Å². The van der Waals surface area contributed by atoms with Crippen molar-refractivity contribution in [1.29, 1.82) is 0 Å². The van der Waals surface area contributed by atoms with Crippen LogP contribution in [0, 0.1) is 6.92 Å². The molecule has 0 spiro atoms. The van der Waals surface area contributed by atoms with Gasteiger partial charge in [-0.1, -0.05) is 19.9 Å². The van der Waals surface area contributed by atoms with Crippen LogP contribution in [0.15, 0.2) is 18.2 Å². The predicted octanol–water partition coefficient (Wildman–Crippen LogP) is 3.43. The van der Waals surface area contributed by atoms with E-state index >= 15 is 0 Å². The van der Waals surface area contributed by atoms with E-state index in [0.717, 1.165) is 17.1 Å². The van der Waals surface area contributed by atoms with Crippen LogP contribution in [0.1, 0.15) is 26.3 Å². The van der Waals surface area contributed by atoms with Gasteiger partial charge in [-0.2, -0.15) is 0 Å². The van der Waals surface area contributed by atoms with Crippen LogP contribution in [-0.2, 0) is 0 Å². The smallest absolute Gasteiger partial charge is 0.125 e. The van der Waals surface area contributed by atoms with Crippen molar-refractivity contribution in [2.24, 2.45) is 0 Å². The van der Waals surface area contributed by atoms with Crippen LogP contribution in [-0.4, -0.2) is 13.7 Å². The highest BCUT2D eigenvalue weighted by atomic mass is 16.5. The average molecular weight is 196 g/mol. The molecule has 14 heavy (non-hydrogen) atoms. The van der Waals surface area contributed by atoms with E-state index in [2.05, 4.69) is 0 Å². The lowest BCUT2D eigenvalue weighted by molar-refractivity contribution is 0.334. The van der Waals surface area contributed by atoms with E-state index in [1.54, 1.807) is 7.11 Å². The molecule has 2 heteroatoms. The van der Waals surface area contributed by atoms with Gasteiger partial charge in [0, 0.05) is 6.07 Å². The van der Waals surface area contributed by atoms with E-state index in [4.69, 9.17) is 9.47 Å². The summed E-state index contributed by atoms with van der Waals surface area (Å²) in [5.41, 5.74) is 1.14. The van der Waals surface area contributed by atoms with Gasteiger partial charge in [0.2, 0.25) is 0 Å². The molecule has 80 valence electrons. The molecule has 0 heterocycles. The molecule has 0 fully saturated rings. The zero-order chi connectivity index (χ0) is 11.0. The van der Waals surface area contributed by atoms with Gasteiger partial charge in [-0.3, -0.25) is 0 Å². The Labute approximate surface area is 86.9 Å². The minimum atomic E-state index is 0.688. The summed E-state index contributed by atoms with van der Waals surface area (Å²) in [5.74, 6) is 1.74. The van der Waals surface area contributed by atoms with Gasteiger partial charge in [-0.15, -0.1) is 0 Å². The summed E-state index contributed by atoms with van der Waals surface area (Å²) in [6.45, 7) is 8.68. The van der Waals surface area contributed by atoms with Crippen molar-refractivity contribution in [2.45, 2.75) is 27.7 Å². The summed E-state index contributed by atoms with van der Waals surface area (Å²) in [7, 11) is 1.65. The Bertz CT molecular complexity index is 256. The monoisotopic (exact) mass is 196 g/mol. The zero-order valence-corrected chi connectivity index (χ0v) is 9.76. The number of rotatable bonds is 3. The van der Waals surface area contributed by atoms with Crippen LogP contribution >= 0.6 is 0 Å². The van der Waals surface area contributed by atoms with Gasteiger partial charge in [0.1, 0.15) is 11.5 Å². The van der Waals surface area contributed by atoms with Crippen LogP contribution in [0.3, 0.4) is 0 Å². The van der Waals surface area contributed by atoms with Crippen LogP contribution < -0.4 is 9.47 Å². The Kier molecular flexibility index (Phi) is 6.63. The molecular formula is C12H20O2. The van der Waals surface area contributed by atoms with Crippen LogP contribution in [0.25, 0.3) is 0 Å². The summed E-state index contributed by atoms with van der Waals surface area (Å²) in [5, 5.41) is 0. The number of ether oxygens (including phenoxy) is 2. The highest BCUT2D eigenvalue weighted by Crippen LogP contribution is 2.23. The Hall–Kier alpha value is -1.18. The number of methoxy groups -OCH3 is 1. The lowest BCUT2D eigenvalue weighted by Gasteiger charge is -2.08. The van der Waals surface area contributed by atoms with Gasteiger partial charge in [0.15, 0.2) is 0 Å². The van der Waals surface area contributed by atoms with Crippen molar-refractivity contribution in [1.82, 2.24) is 0 Å². The fourth-order valence-electron chi connectivity index (χ4n) is 1.02. The molecule has 0 bridgehead atoms. The summed E-state index contributed by atoms with van der Waals surface area (Å²) in [4.78, 5) is 0. The zero-order valence-electron chi connectivity index (χ0n) is 9.76. The highest BCUT2D eigenvalue weighted by Gasteiger charge is 1.99. The quantitative estimate of drug-likeness (QED) is 0.737. The fourth-order valence-corrected chi connectivity index (χ4v) is 1.02. The number of benzene rings is 1. The molecule has 0 aliphatic rings. The van der Waals surface area contributed by atoms with Crippen molar-refractivity contribution < 1.29 is 9.47 Å². The number of hydrogen-bond acceptors (Lipinski definition) is 2. The summed E-state index contributed by atoms with van der Waals surface area (Å²) >= 11 is 0. The van der Waals surface area contributed by atoms with Gasteiger partial charge in [-0.25, -0.2) is 0 Å². The van der Waals surface area contributed by atoms with Gasteiger partial charge in [0.25, 0.3) is 0 Å². The molecule has 1 aromatic rings. The fraction of sp³-hybridized carbons (Fsp3) is 0.500. The Morgan fingerprint density at radius 1 is 1.21 bits per heavy atom. The summed E-state index contributed by atoms with van der Waals surface area (Å²) in [6, 6.07) is 5.82. The first-order chi connectivity index (χ1) is 6.77. The van der Waals surface area contributed by atoms with E-state index < -0.39 is 0 Å². The van der Waals surface area contributed by atoms with E-state index in [9.17, 15) is 0 Å². The maximum Gasteiger partial charge on any atom is 0.125 e. The largest absolute Gasteiger partial charge is 0.497 e. The van der Waals surface area contributed by atoms with E-state index in [-0.39, 0.29) is 0 Å². The minimum Gasteiger partial charge on any atom is -0.497 e. The Balaban J connectivity index is 0.000000791.